The number of aliphatic carboxylic acids is 1. The maximum atomic E-state index is 11.9. The summed E-state index contributed by atoms with van der Waals surface area (Å²) in [7, 11) is 1.53. The van der Waals surface area contributed by atoms with Crippen molar-refractivity contribution in [1.82, 2.24) is 15.1 Å². The Morgan fingerprint density at radius 2 is 2.14 bits per heavy atom. The second-order valence-electron chi connectivity index (χ2n) is 5.84. The van der Waals surface area contributed by atoms with Gasteiger partial charge in [-0.2, -0.15) is 0 Å². The van der Waals surface area contributed by atoms with Gasteiger partial charge in [0.05, 0.1) is 0 Å². The van der Waals surface area contributed by atoms with Gasteiger partial charge in [-0.3, -0.25) is 0 Å². The molecule has 6 heteroatoms. The fourth-order valence-electron chi connectivity index (χ4n) is 2.85. The Balaban J connectivity index is 2.25. The molecule has 2 amide bonds. The lowest BCUT2D eigenvalue weighted by Gasteiger charge is -2.33. The topological polar surface area (TPSA) is 72.9 Å². The molecule has 1 heterocycles. The van der Waals surface area contributed by atoms with Gasteiger partial charge < -0.3 is 20.2 Å². The molecule has 1 fully saturated rings. The number of piperidine rings is 1. The molecule has 1 aliphatic rings. The van der Waals surface area contributed by atoms with Crippen LogP contribution in [0, 0.1) is 0 Å². The molecule has 21 heavy (non-hydrogen) atoms. The van der Waals surface area contributed by atoms with Gasteiger partial charge in [-0.25, -0.2) is 9.59 Å². The summed E-state index contributed by atoms with van der Waals surface area (Å²) in [6.07, 6.45) is 5.13. The minimum atomic E-state index is -0.961. The molecule has 0 aromatic rings. The van der Waals surface area contributed by atoms with Crippen LogP contribution < -0.4 is 5.32 Å². The molecule has 1 aliphatic heterocycles. The number of likely N-dealkylation sites (tertiary alicyclic amines) is 1. The van der Waals surface area contributed by atoms with E-state index in [1.54, 1.807) is 6.92 Å². The summed E-state index contributed by atoms with van der Waals surface area (Å²) in [6, 6.07) is -0.434. The van der Waals surface area contributed by atoms with Crippen LogP contribution in [0.2, 0.25) is 0 Å². The van der Waals surface area contributed by atoms with Gasteiger partial charge in [-0.1, -0.05) is 13.3 Å². The van der Waals surface area contributed by atoms with E-state index >= 15 is 0 Å². The Morgan fingerprint density at radius 1 is 1.43 bits per heavy atom. The monoisotopic (exact) mass is 299 g/mol. The first-order chi connectivity index (χ1) is 9.97. The van der Waals surface area contributed by atoms with Gasteiger partial charge >= 0.3 is 12.0 Å². The Hall–Kier alpha value is -1.30. The number of carbonyl (C=O) groups excluding carboxylic acids is 1. The second-order valence-corrected chi connectivity index (χ2v) is 5.84. The van der Waals surface area contributed by atoms with Crippen molar-refractivity contribution in [2.24, 2.45) is 0 Å². The fraction of sp³-hybridized carbons (Fsp3) is 0.867. The fourth-order valence-corrected chi connectivity index (χ4v) is 2.85. The largest absolute Gasteiger partial charge is 0.480 e. The highest BCUT2D eigenvalue weighted by Gasteiger charge is 2.24. The molecule has 2 unspecified atom stereocenters. The zero-order chi connectivity index (χ0) is 15.8. The number of amides is 2. The quantitative estimate of drug-likeness (QED) is 0.703. The Kier molecular flexibility index (Phi) is 7.50. The highest BCUT2D eigenvalue weighted by atomic mass is 16.4. The third-order valence-electron chi connectivity index (χ3n) is 4.30. The second kappa shape index (κ2) is 8.87. The van der Waals surface area contributed by atoms with Crippen molar-refractivity contribution in [2.45, 2.75) is 58.0 Å². The smallest absolute Gasteiger partial charge is 0.326 e. The van der Waals surface area contributed by atoms with E-state index < -0.39 is 12.0 Å². The van der Waals surface area contributed by atoms with Crippen molar-refractivity contribution < 1.29 is 14.7 Å². The molecule has 6 nitrogen and oxygen atoms in total. The summed E-state index contributed by atoms with van der Waals surface area (Å²) in [4.78, 5) is 26.7. The molecule has 2 N–H and O–H groups in total. The SMILES string of the molecule is CCC(C(=O)O)N(C)C(=O)NCCCN1CCCCC1C. The average Bonchev–Trinajstić information content (AvgIpc) is 2.45. The standard InChI is InChI=1S/C15H29N3O3/c1-4-13(14(19)20)17(3)15(21)16-9-7-11-18-10-6-5-8-12(18)2/h12-13H,4-11H2,1-3H3,(H,16,21)(H,19,20). The van der Waals surface area contributed by atoms with Crippen LogP contribution >= 0.6 is 0 Å². The maximum Gasteiger partial charge on any atom is 0.326 e. The molecule has 122 valence electrons. The summed E-state index contributed by atoms with van der Waals surface area (Å²) in [5.41, 5.74) is 0. The molecule has 0 saturated carbocycles. The predicted molar refractivity (Wildman–Crippen MR) is 82.4 cm³/mol. The summed E-state index contributed by atoms with van der Waals surface area (Å²) < 4.78 is 0. The van der Waals surface area contributed by atoms with Crippen molar-refractivity contribution in [3.05, 3.63) is 0 Å². The molecule has 1 rings (SSSR count). The molecule has 0 spiro atoms. The number of carboxylic acid groups (broad SMARTS) is 1. The number of likely N-dealkylation sites (N-methyl/N-ethyl adjacent to an activating group) is 1. The number of carbonyl (C=O) groups is 2. The molecule has 0 radical (unpaired) electrons. The molecular formula is C15H29N3O3. The minimum absolute atomic E-state index is 0.309. The minimum Gasteiger partial charge on any atom is -0.480 e. The number of hydrogen-bond acceptors (Lipinski definition) is 3. The van der Waals surface area contributed by atoms with Gasteiger partial charge in [0.15, 0.2) is 0 Å². The lowest BCUT2D eigenvalue weighted by atomic mass is 10.0. The highest BCUT2D eigenvalue weighted by molar-refractivity contribution is 5.82. The van der Waals surface area contributed by atoms with E-state index in [0.29, 0.717) is 19.0 Å². The number of carboxylic acids is 1. The van der Waals surface area contributed by atoms with Crippen LogP contribution in [0.5, 0.6) is 0 Å². The van der Waals surface area contributed by atoms with E-state index in [1.807, 2.05) is 0 Å². The first kappa shape index (κ1) is 17.8. The first-order valence-corrected chi connectivity index (χ1v) is 7.94. The summed E-state index contributed by atoms with van der Waals surface area (Å²) in [5.74, 6) is -0.961. The van der Waals surface area contributed by atoms with E-state index in [-0.39, 0.29) is 6.03 Å². The molecular weight excluding hydrogens is 270 g/mol. The van der Waals surface area contributed by atoms with Crippen molar-refractivity contribution in [1.29, 1.82) is 0 Å². The maximum absolute atomic E-state index is 11.9. The van der Waals surface area contributed by atoms with Crippen LogP contribution in [0.1, 0.15) is 46.0 Å². The number of urea groups is 1. The summed E-state index contributed by atoms with van der Waals surface area (Å²) >= 11 is 0. The van der Waals surface area contributed by atoms with Crippen LogP contribution in [0.25, 0.3) is 0 Å². The van der Waals surface area contributed by atoms with Crippen molar-refractivity contribution in [3.63, 3.8) is 0 Å². The first-order valence-electron chi connectivity index (χ1n) is 7.94. The van der Waals surface area contributed by atoms with E-state index in [9.17, 15) is 9.59 Å². The molecule has 2 atom stereocenters. The number of nitrogens with one attached hydrogen (secondary N) is 1. The Morgan fingerprint density at radius 3 is 2.71 bits per heavy atom. The lowest BCUT2D eigenvalue weighted by Crippen LogP contribution is -2.47. The third kappa shape index (κ3) is 5.53. The zero-order valence-corrected chi connectivity index (χ0v) is 13.5. The van der Waals surface area contributed by atoms with Gasteiger partial charge in [0.1, 0.15) is 6.04 Å². The summed E-state index contributed by atoms with van der Waals surface area (Å²) in [6.45, 7) is 6.74. The van der Waals surface area contributed by atoms with Gasteiger partial charge in [-0.05, 0) is 39.2 Å². The van der Waals surface area contributed by atoms with Gasteiger partial charge in [0.2, 0.25) is 0 Å². The lowest BCUT2D eigenvalue weighted by molar-refractivity contribution is -0.141. The normalized spacial score (nSPS) is 20.8. The highest BCUT2D eigenvalue weighted by Crippen LogP contribution is 2.16. The van der Waals surface area contributed by atoms with Crippen LogP contribution in [0.3, 0.4) is 0 Å². The van der Waals surface area contributed by atoms with Crippen LogP contribution in [-0.4, -0.2) is 65.7 Å². The third-order valence-corrected chi connectivity index (χ3v) is 4.30. The van der Waals surface area contributed by atoms with Crippen LogP contribution in [0.15, 0.2) is 0 Å². The zero-order valence-electron chi connectivity index (χ0n) is 13.5. The summed E-state index contributed by atoms with van der Waals surface area (Å²) in [5, 5.41) is 11.8. The average molecular weight is 299 g/mol. The molecule has 0 bridgehead atoms. The molecule has 0 aromatic carbocycles. The van der Waals surface area contributed by atoms with Crippen LogP contribution in [0.4, 0.5) is 4.79 Å². The van der Waals surface area contributed by atoms with Gasteiger partial charge in [0, 0.05) is 26.2 Å². The molecule has 0 aromatic heterocycles. The Bertz CT molecular complexity index is 349. The Labute approximate surface area is 127 Å². The molecule has 0 aliphatic carbocycles. The number of nitrogens with zero attached hydrogens (tertiary/aromatic N) is 2. The van der Waals surface area contributed by atoms with Crippen molar-refractivity contribution in [3.8, 4) is 0 Å². The van der Waals surface area contributed by atoms with E-state index in [1.165, 1.54) is 31.2 Å². The van der Waals surface area contributed by atoms with E-state index in [2.05, 4.69) is 17.1 Å². The van der Waals surface area contributed by atoms with Gasteiger partial charge in [0.25, 0.3) is 0 Å². The predicted octanol–water partition coefficient (Wildman–Crippen LogP) is 1.76. The molecule has 1 saturated heterocycles. The number of hydrogen-bond donors (Lipinski definition) is 2. The van der Waals surface area contributed by atoms with Crippen LogP contribution in [-0.2, 0) is 4.79 Å². The van der Waals surface area contributed by atoms with E-state index in [4.69, 9.17) is 5.11 Å². The van der Waals surface area contributed by atoms with Gasteiger partial charge in [-0.15, -0.1) is 0 Å². The van der Waals surface area contributed by atoms with Crippen molar-refractivity contribution >= 4 is 12.0 Å². The van der Waals surface area contributed by atoms with Crippen molar-refractivity contribution in [2.75, 3.05) is 26.7 Å². The number of rotatable bonds is 7. The van der Waals surface area contributed by atoms with E-state index in [0.717, 1.165) is 19.5 Å².